The Labute approximate surface area is 187 Å². The Morgan fingerprint density at radius 1 is 1.03 bits per heavy atom. The van der Waals surface area contributed by atoms with Crippen LogP contribution in [0.3, 0.4) is 0 Å². The van der Waals surface area contributed by atoms with Crippen molar-refractivity contribution in [2.45, 2.75) is 19.0 Å². The van der Waals surface area contributed by atoms with Gasteiger partial charge in [-0.3, -0.25) is 9.59 Å². The zero-order valence-corrected chi connectivity index (χ0v) is 17.3. The van der Waals surface area contributed by atoms with Crippen LogP contribution >= 0.6 is 0 Å². The van der Waals surface area contributed by atoms with Gasteiger partial charge in [0.05, 0.1) is 17.3 Å². The predicted molar refractivity (Wildman–Crippen MR) is 113 cm³/mol. The lowest BCUT2D eigenvalue weighted by Gasteiger charge is -2.15. The maximum Gasteiger partial charge on any atom is 0.435 e. The molecule has 0 radical (unpaired) electrons. The average molecular weight is 453 g/mol. The zero-order chi connectivity index (χ0) is 23.6. The number of amides is 2. The molecule has 1 N–H and O–H groups in total. The Morgan fingerprint density at radius 3 is 2.36 bits per heavy atom. The van der Waals surface area contributed by atoms with Gasteiger partial charge in [-0.1, -0.05) is 6.07 Å². The average Bonchev–Trinajstić information content (AvgIpc) is 3.49. The van der Waals surface area contributed by atoms with Crippen molar-refractivity contribution in [3.63, 3.8) is 0 Å². The Bertz CT molecular complexity index is 1240. The van der Waals surface area contributed by atoms with Gasteiger partial charge in [-0.25, -0.2) is 4.68 Å². The quantitative estimate of drug-likeness (QED) is 0.639. The van der Waals surface area contributed by atoms with Crippen LogP contribution in [0.1, 0.15) is 44.9 Å². The van der Waals surface area contributed by atoms with E-state index >= 15 is 0 Å². The van der Waals surface area contributed by atoms with Gasteiger partial charge in [-0.2, -0.15) is 23.5 Å². The van der Waals surface area contributed by atoms with E-state index in [-0.39, 0.29) is 22.9 Å². The number of likely N-dealkylation sites (tertiary alicyclic amines) is 1. The molecule has 0 atom stereocenters. The molecule has 7 nitrogen and oxygen atoms in total. The second-order valence-corrected chi connectivity index (χ2v) is 7.52. The number of nitrogens with one attached hydrogen (secondary N) is 1. The van der Waals surface area contributed by atoms with Crippen molar-refractivity contribution in [3.05, 3.63) is 77.1 Å². The van der Waals surface area contributed by atoms with E-state index in [4.69, 9.17) is 5.26 Å². The van der Waals surface area contributed by atoms with Gasteiger partial charge < -0.3 is 10.2 Å². The van der Waals surface area contributed by atoms with Crippen LogP contribution in [-0.2, 0) is 6.18 Å². The maximum absolute atomic E-state index is 13.3. The highest BCUT2D eigenvalue weighted by atomic mass is 19.4. The van der Waals surface area contributed by atoms with Crippen molar-refractivity contribution in [3.8, 4) is 11.8 Å². The summed E-state index contributed by atoms with van der Waals surface area (Å²) in [6.07, 6.45) is -2.83. The standard InChI is InChI=1S/C23H18F3N5O2/c24-23(25,26)20-13-19(31(29-20)18-5-3-4-15(12-18)14-27)21(32)28-17-8-6-16(7-9-17)22(33)30-10-1-2-11-30/h3-9,12-13H,1-2,10-11H2,(H,28,32). The summed E-state index contributed by atoms with van der Waals surface area (Å²) in [5, 5.41) is 15.2. The van der Waals surface area contributed by atoms with E-state index in [0.29, 0.717) is 30.4 Å². The summed E-state index contributed by atoms with van der Waals surface area (Å²) in [4.78, 5) is 27.1. The van der Waals surface area contributed by atoms with Crippen molar-refractivity contribution < 1.29 is 22.8 Å². The highest BCUT2D eigenvalue weighted by Gasteiger charge is 2.36. The van der Waals surface area contributed by atoms with E-state index < -0.39 is 17.8 Å². The molecule has 1 fully saturated rings. The molecule has 33 heavy (non-hydrogen) atoms. The lowest BCUT2D eigenvalue weighted by Crippen LogP contribution is -2.27. The lowest BCUT2D eigenvalue weighted by molar-refractivity contribution is -0.141. The summed E-state index contributed by atoms with van der Waals surface area (Å²) < 4.78 is 40.7. The fourth-order valence-corrected chi connectivity index (χ4v) is 3.58. The number of halogens is 3. The first-order valence-electron chi connectivity index (χ1n) is 10.1. The summed E-state index contributed by atoms with van der Waals surface area (Å²) >= 11 is 0. The molecule has 1 aromatic heterocycles. The van der Waals surface area contributed by atoms with Gasteiger partial charge in [0.1, 0.15) is 5.69 Å². The molecule has 0 unspecified atom stereocenters. The Hall–Kier alpha value is -4.13. The minimum absolute atomic E-state index is 0.101. The largest absolute Gasteiger partial charge is 0.435 e. The third kappa shape index (κ3) is 4.72. The molecule has 1 aliphatic rings. The first-order chi connectivity index (χ1) is 15.8. The van der Waals surface area contributed by atoms with Crippen molar-refractivity contribution in [2.75, 3.05) is 18.4 Å². The van der Waals surface area contributed by atoms with E-state index in [1.165, 1.54) is 36.4 Å². The molecule has 0 bridgehead atoms. The second kappa shape index (κ2) is 8.78. The monoisotopic (exact) mass is 453 g/mol. The number of anilines is 1. The number of carbonyl (C=O) groups is 2. The molecule has 4 rings (SSSR count). The zero-order valence-electron chi connectivity index (χ0n) is 17.3. The number of hydrogen-bond donors (Lipinski definition) is 1. The smallest absolute Gasteiger partial charge is 0.339 e. The molecule has 0 aliphatic carbocycles. The first-order valence-corrected chi connectivity index (χ1v) is 10.1. The second-order valence-electron chi connectivity index (χ2n) is 7.52. The van der Waals surface area contributed by atoms with Crippen LogP contribution < -0.4 is 5.32 Å². The Kier molecular flexibility index (Phi) is 5.87. The summed E-state index contributed by atoms with van der Waals surface area (Å²) in [6, 6.07) is 14.5. The van der Waals surface area contributed by atoms with E-state index in [9.17, 15) is 22.8 Å². The van der Waals surface area contributed by atoms with Gasteiger partial charge in [0.15, 0.2) is 5.69 Å². The molecule has 0 spiro atoms. The fraction of sp³-hybridized carbons (Fsp3) is 0.217. The number of carbonyl (C=O) groups excluding carboxylic acids is 2. The third-order valence-electron chi connectivity index (χ3n) is 5.24. The van der Waals surface area contributed by atoms with Gasteiger partial charge in [-0.15, -0.1) is 0 Å². The third-order valence-corrected chi connectivity index (χ3v) is 5.24. The van der Waals surface area contributed by atoms with Crippen molar-refractivity contribution in [2.24, 2.45) is 0 Å². The van der Waals surface area contributed by atoms with Crippen LogP contribution in [0.5, 0.6) is 0 Å². The molecule has 3 aromatic rings. The van der Waals surface area contributed by atoms with Crippen molar-refractivity contribution >= 4 is 17.5 Å². The number of nitriles is 1. The van der Waals surface area contributed by atoms with E-state index in [1.54, 1.807) is 17.0 Å². The number of nitrogens with zero attached hydrogens (tertiary/aromatic N) is 4. The summed E-state index contributed by atoms with van der Waals surface area (Å²) in [5.74, 6) is -0.922. The number of hydrogen-bond acceptors (Lipinski definition) is 4. The molecule has 1 saturated heterocycles. The molecule has 0 saturated carbocycles. The highest BCUT2D eigenvalue weighted by molar-refractivity contribution is 6.04. The minimum Gasteiger partial charge on any atom is -0.339 e. The molecular weight excluding hydrogens is 435 g/mol. The normalized spacial score (nSPS) is 13.6. The Morgan fingerprint density at radius 2 is 1.73 bits per heavy atom. The summed E-state index contributed by atoms with van der Waals surface area (Å²) in [6.45, 7) is 1.41. The molecule has 1 aliphatic heterocycles. The van der Waals surface area contributed by atoms with Gasteiger partial charge in [0, 0.05) is 30.4 Å². The number of benzene rings is 2. The molecule has 2 heterocycles. The first kappa shape index (κ1) is 22.1. The SMILES string of the molecule is N#Cc1cccc(-n2nc(C(F)(F)F)cc2C(=O)Nc2ccc(C(=O)N3CCCC3)cc2)c1. The molecule has 10 heteroatoms. The number of alkyl halides is 3. The maximum atomic E-state index is 13.3. The topological polar surface area (TPSA) is 91.0 Å². The van der Waals surface area contributed by atoms with Crippen molar-refractivity contribution in [1.29, 1.82) is 5.26 Å². The Balaban J connectivity index is 1.60. The summed E-state index contributed by atoms with van der Waals surface area (Å²) in [5.41, 5.74) is -0.462. The van der Waals surface area contributed by atoms with E-state index in [2.05, 4.69) is 10.4 Å². The fourth-order valence-electron chi connectivity index (χ4n) is 3.58. The van der Waals surface area contributed by atoms with Crippen LogP contribution in [0.2, 0.25) is 0 Å². The van der Waals surface area contributed by atoms with Crippen LogP contribution in [0.25, 0.3) is 5.69 Å². The van der Waals surface area contributed by atoms with E-state index in [0.717, 1.165) is 17.5 Å². The van der Waals surface area contributed by atoms with Crippen LogP contribution in [0.15, 0.2) is 54.6 Å². The summed E-state index contributed by atoms with van der Waals surface area (Å²) in [7, 11) is 0. The predicted octanol–water partition coefficient (Wildman–Crippen LogP) is 4.25. The number of aromatic nitrogens is 2. The van der Waals surface area contributed by atoms with E-state index in [1.807, 2.05) is 6.07 Å². The van der Waals surface area contributed by atoms with Crippen molar-refractivity contribution in [1.82, 2.24) is 14.7 Å². The van der Waals surface area contributed by atoms with Crippen LogP contribution in [0, 0.1) is 11.3 Å². The van der Waals surface area contributed by atoms with Gasteiger partial charge in [-0.05, 0) is 55.3 Å². The molecule has 2 amide bonds. The van der Waals surface area contributed by atoms with Crippen LogP contribution in [0.4, 0.5) is 18.9 Å². The van der Waals surface area contributed by atoms with Crippen LogP contribution in [-0.4, -0.2) is 39.6 Å². The molecule has 168 valence electrons. The van der Waals surface area contributed by atoms with Gasteiger partial charge in [0.25, 0.3) is 11.8 Å². The lowest BCUT2D eigenvalue weighted by atomic mass is 10.1. The molecule has 2 aromatic carbocycles. The molecular formula is C23H18F3N5O2. The van der Waals surface area contributed by atoms with Gasteiger partial charge >= 0.3 is 6.18 Å². The highest BCUT2D eigenvalue weighted by Crippen LogP contribution is 2.30. The van der Waals surface area contributed by atoms with Gasteiger partial charge in [0.2, 0.25) is 0 Å². The minimum atomic E-state index is -4.76. The number of rotatable bonds is 4.